The van der Waals surface area contributed by atoms with Crippen LogP contribution in [-0.4, -0.2) is 25.2 Å². The highest BCUT2D eigenvalue weighted by molar-refractivity contribution is 5.76. The first-order valence-corrected chi connectivity index (χ1v) is 5.12. The van der Waals surface area contributed by atoms with E-state index in [1.54, 1.807) is 0 Å². The minimum atomic E-state index is 0.0920. The van der Waals surface area contributed by atoms with Gasteiger partial charge >= 0.3 is 0 Å². The SMILES string of the molecule is CCCC(CC(=O)NCC)OCC. The van der Waals surface area contributed by atoms with Crippen LogP contribution in [0.5, 0.6) is 0 Å². The molecule has 1 amide bonds. The van der Waals surface area contributed by atoms with Crippen molar-refractivity contribution in [2.24, 2.45) is 0 Å². The van der Waals surface area contributed by atoms with Crippen LogP contribution in [0.15, 0.2) is 0 Å². The molecule has 0 aliphatic heterocycles. The van der Waals surface area contributed by atoms with Crippen LogP contribution >= 0.6 is 0 Å². The lowest BCUT2D eigenvalue weighted by Crippen LogP contribution is -2.28. The summed E-state index contributed by atoms with van der Waals surface area (Å²) in [6, 6.07) is 0. The third kappa shape index (κ3) is 6.58. The standard InChI is InChI=1S/C10H21NO2/c1-4-7-9(13-6-3)8-10(12)11-5-2/h9H,4-8H2,1-3H3,(H,11,12). The summed E-state index contributed by atoms with van der Waals surface area (Å²) in [7, 11) is 0. The second kappa shape index (κ2) is 8.05. The van der Waals surface area contributed by atoms with Crippen molar-refractivity contribution in [3.63, 3.8) is 0 Å². The predicted molar refractivity (Wildman–Crippen MR) is 53.6 cm³/mol. The van der Waals surface area contributed by atoms with Crippen molar-refractivity contribution in [3.8, 4) is 0 Å². The lowest BCUT2D eigenvalue weighted by molar-refractivity contribution is -0.123. The Bertz CT molecular complexity index is 131. The van der Waals surface area contributed by atoms with Crippen LogP contribution in [0.3, 0.4) is 0 Å². The van der Waals surface area contributed by atoms with E-state index in [1.807, 2.05) is 13.8 Å². The minimum Gasteiger partial charge on any atom is -0.378 e. The van der Waals surface area contributed by atoms with Gasteiger partial charge in [0.05, 0.1) is 12.5 Å². The predicted octanol–water partition coefficient (Wildman–Crippen LogP) is 1.72. The molecule has 3 heteroatoms. The molecule has 1 N–H and O–H groups in total. The summed E-state index contributed by atoms with van der Waals surface area (Å²) in [5.74, 6) is 0.0920. The summed E-state index contributed by atoms with van der Waals surface area (Å²) in [5.41, 5.74) is 0. The second-order valence-electron chi connectivity index (χ2n) is 3.02. The van der Waals surface area contributed by atoms with Crippen LogP contribution < -0.4 is 5.32 Å². The molecule has 0 spiro atoms. The minimum absolute atomic E-state index is 0.0920. The molecule has 0 aromatic rings. The quantitative estimate of drug-likeness (QED) is 0.659. The Morgan fingerprint density at radius 2 is 2.08 bits per heavy atom. The number of rotatable bonds is 7. The molecule has 0 saturated heterocycles. The highest BCUT2D eigenvalue weighted by Crippen LogP contribution is 2.06. The topological polar surface area (TPSA) is 38.3 Å². The molecule has 0 aromatic carbocycles. The first kappa shape index (κ1) is 12.4. The van der Waals surface area contributed by atoms with Crippen molar-refractivity contribution in [1.82, 2.24) is 5.32 Å². The number of nitrogens with one attached hydrogen (secondary N) is 1. The maximum Gasteiger partial charge on any atom is 0.222 e. The van der Waals surface area contributed by atoms with Crippen LogP contribution in [0, 0.1) is 0 Å². The summed E-state index contributed by atoms with van der Waals surface area (Å²) in [5, 5.41) is 2.77. The Morgan fingerprint density at radius 1 is 1.38 bits per heavy atom. The first-order chi connectivity index (χ1) is 6.24. The summed E-state index contributed by atoms with van der Waals surface area (Å²) in [6.07, 6.45) is 2.62. The molecule has 0 radical (unpaired) electrons. The highest BCUT2D eigenvalue weighted by Gasteiger charge is 2.11. The van der Waals surface area contributed by atoms with Gasteiger partial charge in [0.2, 0.25) is 5.91 Å². The van der Waals surface area contributed by atoms with Crippen molar-refractivity contribution in [1.29, 1.82) is 0 Å². The normalized spacial score (nSPS) is 12.5. The van der Waals surface area contributed by atoms with Crippen molar-refractivity contribution < 1.29 is 9.53 Å². The van der Waals surface area contributed by atoms with Gasteiger partial charge in [-0.2, -0.15) is 0 Å². The molecule has 0 aliphatic rings. The summed E-state index contributed by atoms with van der Waals surface area (Å²) < 4.78 is 5.44. The van der Waals surface area contributed by atoms with E-state index in [0.717, 1.165) is 12.8 Å². The van der Waals surface area contributed by atoms with Crippen LogP contribution in [0.2, 0.25) is 0 Å². The van der Waals surface area contributed by atoms with E-state index >= 15 is 0 Å². The Kier molecular flexibility index (Phi) is 7.69. The zero-order valence-electron chi connectivity index (χ0n) is 8.93. The largest absolute Gasteiger partial charge is 0.378 e. The fraction of sp³-hybridized carbons (Fsp3) is 0.900. The lowest BCUT2D eigenvalue weighted by Gasteiger charge is -2.15. The molecule has 1 atom stereocenters. The molecular weight excluding hydrogens is 166 g/mol. The number of carbonyl (C=O) groups is 1. The third-order valence-corrected chi connectivity index (χ3v) is 1.80. The van der Waals surface area contributed by atoms with Gasteiger partial charge in [-0.05, 0) is 20.3 Å². The van der Waals surface area contributed by atoms with Crippen molar-refractivity contribution in [2.75, 3.05) is 13.2 Å². The van der Waals surface area contributed by atoms with Gasteiger partial charge in [-0.25, -0.2) is 0 Å². The number of carbonyl (C=O) groups excluding carboxylic acids is 1. The van der Waals surface area contributed by atoms with Crippen LogP contribution in [0.25, 0.3) is 0 Å². The van der Waals surface area contributed by atoms with Crippen LogP contribution in [0.1, 0.15) is 40.0 Å². The van der Waals surface area contributed by atoms with Gasteiger partial charge in [-0.15, -0.1) is 0 Å². The number of amides is 1. The fourth-order valence-corrected chi connectivity index (χ4v) is 1.28. The van der Waals surface area contributed by atoms with Crippen LogP contribution in [0.4, 0.5) is 0 Å². The number of ether oxygens (including phenoxy) is 1. The molecule has 1 unspecified atom stereocenters. The maximum absolute atomic E-state index is 11.2. The van der Waals surface area contributed by atoms with Gasteiger partial charge < -0.3 is 10.1 Å². The number of hydrogen-bond acceptors (Lipinski definition) is 2. The average molecular weight is 187 g/mol. The summed E-state index contributed by atoms with van der Waals surface area (Å²) in [6.45, 7) is 7.37. The molecule has 0 saturated carbocycles. The van der Waals surface area contributed by atoms with Gasteiger partial charge in [-0.3, -0.25) is 4.79 Å². The summed E-state index contributed by atoms with van der Waals surface area (Å²) in [4.78, 5) is 11.2. The van der Waals surface area contributed by atoms with E-state index < -0.39 is 0 Å². The van der Waals surface area contributed by atoms with Gasteiger partial charge in [0, 0.05) is 13.2 Å². The third-order valence-electron chi connectivity index (χ3n) is 1.80. The molecule has 0 aliphatic carbocycles. The molecular formula is C10H21NO2. The van der Waals surface area contributed by atoms with Crippen molar-refractivity contribution in [3.05, 3.63) is 0 Å². The van der Waals surface area contributed by atoms with Gasteiger partial charge in [-0.1, -0.05) is 13.3 Å². The maximum atomic E-state index is 11.2. The molecule has 78 valence electrons. The Morgan fingerprint density at radius 3 is 2.54 bits per heavy atom. The molecule has 0 heterocycles. The van der Waals surface area contributed by atoms with Crippen molar-refractivity contribution >= 4 is 5.91 Å². The first-order valence-electron chi connectivity index (χ1n) is 5.12. The summed E-state index contributed by atoms with van der Waals surface area (Å²) >= 11 is 0. The molecule has 13 heavy (non-hydrogen) atoms. The van der Waals surface area contributed by atoms with Gasteiger partial charge in [0.1, 0.15) is 0 Å². The molecule has 0 bridgehead atoms. The molecule has 3 nitrogen and oxygen atoms in total. The second-order valence-corrected chi connectivity index (χ2v) is 3.02. The van der Waals surface area contributed by atoms with E-state index in [1.165, 1.54) is 0 Å². The van der Waals surface area contributed by atoms with Crippen molar-refractivity contribution in [2.45, 2.75) is 46.1 Å². The van der Waals surface area contributed by atoms with E-state index in [-0.39, 0.29) is 12.0 Å². The smallest absolute Gasteiger partial charge is 0.222 e. The monoisotopic (exact) mass is 187 g/mol. The van der Waals surface area contributed by atoms with Gasteiger partial charge in [0.15, 0.2) is 0 Å². The Labute approximate surface area is 80.8 Å². The van der Waals surface area contributed by atoms with Gasteiger partial charge in [0.25, 0.3) is 0 Å². The highest BCUT2D eigenvalue weighted by atomic mass is 16.5. The molecule has 0 fully saturated rings. The Hall–Kier alpha value is -0.570. The van der Waals surface area contributed by atoms with E-state index in [4.69, 9.17) is 4.74 Å². The lowest BCUT2D eigenvalue weighted by atomic mass is 10.1. The zero-order valence-corrected chi connectivity index (χ0v) is 8.93. The molecule has 0 aromatic heterocycles. The van der Waals surface area contributed by atoms with Crippen LogP contribution in [-0.2, 0) is 9.53 Å². The number of hydrogen-bond donors (Lipinski definition) is 1. The fourth-order valence-electron chi connectivity index (χ4n) is 1.28. The average Bonchev–Trinajstić information content (AvgIpc) is 2.05. The molecule has 0 rings (SSSR count). The Balaban J connectivity index is 3.71. The van der Waals surface area contributed by atoms with E-state index in [9.17, 15) is 4.79 Å². The van der Waals surface area contributed by atoms with E-state index in [0.29, 0.717) is 19.6 Å². The van der Waals surface area contributed by atoms with E-state index in [2.05, 4.69) is 12.2 Å². The zero-order chi connectivity index (χ0) is 10.1.